The standard InChI is InChI=1S/C14H16F6N2/c1-9-7-21-2-3-22(9)8-10-4-11(13(15,16)17)6-12(5-10)14(18,19)20/h4-6,9,21H,2-3,7-8H2,1H3/t9-/m1/s1. The zero-order valence-electron chi connectivity index (χ0n) is 11.9. The zero-order chi connectivity index (χ0) is 16.5. The molecule has 0 radical (unpaired) electrons. The summed E-state index contributed by atoms with van der Waals surface area (Å²) >= 11 is 0. The van der Waals surface area contributed by atoms with Gasteiger partial charge in [0.25, 0.3) is 0 Å². The summed E-state index contributed by atoms with van der Waals surface area (Å²) in [5.41, 5.74) is -2.50. The van der Waals surface area contributed by atoms with Crippen LogP contribution in [0, 0.1) is 0 Å². The van der Waals surface area contributed by atoms with Gasteiger partial charge in [0.05, 0.1) is 11.1 Å². The van der Waals surface area contributed by atoms with E-state index in [-0.39, 0.29) is 24.2 Å². The maximum Gasteiger partial charge on any atom is 0.416 e. The molecule has 1 heterocycles. The van der Waals surface area contributed by atoms with Gasteiger partial charge in [-0.15, -0.1) is 0 Å². The summed E-state index contributed by atoms with van der Waals surface area (Å²) in [6.07, 6.45) is -9.60. The van der Waals surface area contributed by atoms with Gasteiger partial charge in [0.1, 0.15) is 0 Å². The minimum Gasteiger partial charge on any atom is -0.314 e. The van der Waals surface area contributed by atoms with Crippen LogP contribution in [-0.2, 0) is 18.9 Å². The minimum absolute atomic E-state index is 0.0240. The summed E-state index contributed by atoms with van der Waals surface area (Å²) in [5.74, 6) is 0. The van der Waals surface area contributed by atoms with Crippen molar-refractivity contribution in [1.29, 1.82) is 0 Å². The van der Waals surface area contributed by atoms with Crippen molar-refractivity contribution in [3.8, 4) is 0 Å². The summed E-state index contributed by atoms with van der Waals surface area (Å²) in [6.45, 7) is 3.85. The average molecular weight is 326 g/mol. The largest absolute Gasteiger partial charge is 0.416 e. The summed E-state index contributed by atoms with van der Waals surface area (Å²) in [4.78, 5) is 1.87. The number of piperazine rings is 1. The van der Waals surface area contributed by atoms with Gasteiger partial charge >= 0.3 is 12.4 Å². The Morgan fingerprint density at radius 3 is 2.05 bits per heavy atom. The first-order chi connectivity index (χ1) is 10.1. The molecule has 8 heteroatoms. The summed E-state index contributed by atoms with van der Waals surface area (Å²) in [5, 5.41) is 3.12. The third-order valence-corrected chi connectivity index (χ3v) is 3.67. The Kier molecular flexibility index (Phi) is 4.72. The zero-order valence-corrected chi connectivity index (χ0v) is 11.9. The summed E-state index contributed by atoms with van der Waals surface area (Å²) in [6, 6.07) is 1.80. The van der Waals surface area contributed by atoms with Gasteiger partial charge in [0, 0.05) is 32.2 Å². The number of nitrogens with one attached hydrogen (secondary N) is 1. The fraction of sp³-hybridized carbons (Fsp3) is 0.571. The highest BCUT2D eigenvalue weighted by molar-refractivity contribution is 5.33. The van der Waals surface area contributed by atoms with Crippen LogP contribution in [-0.4, -0.2) is 30.6 Å². The number of hydrogen-bond acceptors (Lipinski definition) is 2. The van der Waals surface area contributed by atoms with Crippen LogP contribution in [0.2, 0.25) is 0 Å². The second kappa shape index (κ2) is 6.08. The summed E-state index contributed by atoms with van der Waals surface area (Å²) in [7, 11) is 0. The molecule has 1 atom stereocenters. The van der Waals surface area contributed by atoms with Gasteiger partial charge in [-0.05, 0) is 30.7 Å². The van der Waals surface area contributed by atoms with E-state index in [1.54, 1.807) is 0 Å². The first-order valence-electron chi connectivity index (χ1n) is 6.80. The number of nitrogens with zero attached hydrogens (tertiary/aromatic N) is 1. The second-order valence-electron chi connectivity index (χ2n) is 5.44. The minimum atomic E-state index is -4.80. The van der Waals surface area contributed by atoms with Crippen molar-refractivity contribution in [3.05, 3.63) is 34.9 Å². The molecule has 0 aromatic heterocycles. The van der Waals surface area contributed by atoms with Crippen molar-refractivity contribution >= 4 is 0 Å². The number of halogens is 6. The van der Waals surface area contributed by atoms with Crippen LogP contribution in [0.1, 0.15) is 23.6 Å². The van der Waals surface area contributed by atoms with E-state index in [0.717, 1.165) is 12.1 Å². The highest BCUT2D eigenvalue weighted by atomic mass is 19.4. The average Bonchev–Trinajstić information content (AvgIpc) is 2.39. The van der Waals surface area contributed by atoms with E-state index in [1.165, 1.54) is 0 Å². The normalized spacial score (nSPS) is 21.1. The van der Waals surface area contributed by atoms with Crippen LogP contribution in [0.4, 0.5) is 26.3 Å². The van der Waals surface area contributed by atoms with Crippen molar-refractivity contribution in [3.63, 3.8) is 0 Å². The molecule has 0 saturated carbocycles. The molecule has 0 spiro atoms. The van der Waals surface area contributed by atoms with E-state index in [4.69, 9.17) is 0 Å². The third-order valence-electron chi connectivity index (χ3n) is 3.67. The van der Waals surface area contributed by atoms with Gasteiger partial charge in [-0.25, -0.2) is 0 Å². The molecule has 0 unspecified atom stereocenters. The topological polar surface area (TPSA) is 15.3 Å². The maximum atomic E-state index is 12.8. The molecule has 1 aliphatic heterocycles. The third kappa shape index (κ3) is 4.13. The fourth-order valence-electron chi connectivity index (χ4n) is 2.46. The molecule has 1 N–H and O–H groups in total. The van der Waals surface area contributed by atoms with E-state index >= 15 is 0 Å². The van der Waals surface area contributed by atoms with E-state index < -0.39 is 23.5 Å². The predicted octanol–water partition coefficient (Wildman–Crippen LogP) is 3.52. The van der Waals surface area contributed by atoms with Gasteiger partial charge in [-0.1, -0.05) is 0 Å². The number of benzene rings is 1. The van der Waals surface area contributed by atoms with Crippen molar-refractivity contribution in [1.82, 2.24) is 10.2 Å². The molecule has 1 fully saturated rings. The Morgan fingerprint density at radius 2 is 1.59 bits per heavy atom. The van der Waals surface area contributed by atoms with E-state index in [9.17, 15) is 26.3 Å². The van der Waals surface area contributed by atoms with Crippen molar-refractivity contribution in [2.24, 2.45) is 0 Å². The molecule has 1 aromatic carbocycles. The highest BCUT2D eigenvalue weighted by Gasteiger charge is 2.37. The molecule has 1 aromatic rings. The lowest BCUT2D eigenvalue weighted by molar-refractivity contribution is -0.143. The molecular formula is C14H16F6N2. The van der Waals surface area contributed by atoms with Crippen LogP contribution >= 0.6 is 0 Å². The van der Waals surface area contributed by atoms with Gasteiger partial charge in [0.15, 0.2) is 0 Å². The van der Waals surface area contributed by atoms with Gasteiger partial charge in [-0.2, -0.15) is 26.3 Å². The van der Waals surface area contributed by atoms with Gasteiger partial charge < -0.3 is 5.32 Å². The van der Waals surface area contributed by atoms with Crippen LogP contribution in [0.3, 0.4) is 0 Å². The molecule has 1 saturated heterocycles. The molecular weight excluding hydrogens is 310 g/mol. The molecule has 0 bridgehead atoms. The number of hydrogen-bond donors (Lipinski definition) is 1. The van der Waals surface area contributed by atoms with Crippen LogP contribution in [0.5, 0.6) is 0 Å². The Hall–Kier alpha value is -1.28. The molecule has 124 valence electrons. The fourth-order valence-corrected chi connectivity index (χ4v) is 2.46. The SMILES string of the molecule is C[C@@H]1CNCCN1Cc1cc(C(F)(F)F)cc(C(F)(F)F)c1. The molecule has 22 heavy (non-hydrogen) atoms. The van der Waals surface area contributed by atoms with Crippen LogP contribution in [0.25, 0.3) is 0 Å². The molecule has 0 amide bonds. The van der Waals surface area contributed by atoms with Crippen LogP contribution < -0.4 is 5.32 Å². The monoisotopic (exact) mass is 326 g/mol. The summed E-state index contributed by atoms with van der Waals surface area (Å²) < 4.78 is 76.8. The molecule has 2 rings (SSSR count). The lowest BCUT2D eigenvalue weighted by atomic mass is 10.0. The molecule has 1 aliphatic rings. The Morgan fingerprint density at radius 1 is 1.05 bits per heavy atom. The Balaban J connectivity index is 2.33. The first-order valence-corrected chi connectivity index (χ1v) is 6.80. The predicted molar refractivity (Wildman–Crippen MR) is 69.2 cm³/mol. The Labute approximate surface area is 124 Å². The number of alkyl halides is 6. The van der Waals surface area contributed by atoms with E-state index in [0.29, 0.717) is 19.6 Å². The van der Waals surface area contributed by atoms with Crippen molar-refractivity contribution in [2.75, 3.05) is 19.6 Å². The highest BCUT2D eigenvalue weighted by Crippen LogP contribution is 2.36. The van der Waals surface area contributed by atoms with Gasteiger partial charge in [0.2, 0.25) is 0 Å². The molecule has 2 nitrogen and oxygen atoms in total. The molecule has 0 aliphatic carbocycles. The number of rotatable bonds is 2. The Bertz CT molecular complexity index is 491. The first kappa shape index (κ1) is 17.1. The second-order valence-corrected chi connectivity index (χ2v) is 5.44. The quantitative estimate of drug-likeness (QED) is 0.837. The van der Waals surface area contributed by atoms with E-state index in [1.807, 2.05) is 11.8 Å². The smallest absolute Gasteiger partial charge is 0.314 e. The van der Waals surface area contributed by atoms with Crippen LogP contribution in [0.15, 0.2) is 18.2 Å². The van der Waals surface area contributed by atoms with Gasteiger partial charge in [-0.3, -0.25) is 4.90 Å². The van der Waals surface area contributed by atoms with Crippen molar-refractivity contribution in [2.45, 2.75) is 31.9 Å². The van der Waals surface area contributed by atoms with E-state index in [2.05, 4.69) is 5.32 Å². The van der Waals surface area contributed by atoms with Crippen molar-refractivity contribution < 1.29 is 26.3 Å². The lowest BCUT2D eigenvalue weighted by Gasteiger charge is -2.34. The lowest BCUT2D eigenvalue weighted by Crippen LogP contribution is -2.49. The maximum absolute atomic E-state index is 12.8.